The zero-order valence-electron chi connectivity index (χ0n) is 18.0. The highest BCUT2D eigenvalue weighted by molar-refractivity contribution is 6.04. The van der Waals surface area contributed by atoms with Crippen molar-refractivity contribution in [2.75, 3.05) is 6.54 Å². The number of aliphatic hydroxyl groups excluding tert-OH is 1. The molecule has 7 nitrogen and oxygen atoms in total. The van der Waals surface area contributed by atoms with Gasteiger partial charge in [-0.3, -0.25) is 9.59 Å². The van der Waals surface area contributed by atoms with Crippen LogP contribution in [-0.2, 0) is 9.59 Å². The largest absolute Gasteiger partial charge is 0.387 e. The third kappa shape index (κ3) is 3.57. The molecule has 4 bridgehead atoms. The smallest absolute Gasteiger partial charge is 0.303 e. The Bertz CT molecular complexity index is 896. The lowest BCUT2D eigenvalue weighted by molar-refractivity contribution is -0.744. The number of quaternary nitrogens is 1. The molecule has 4 aliphatic carbocycles. The summed E-state index contributed by atoms with van der Waals surface area (Å²) in [5.74, 6) is 2.02. The topological polar surface area (TPSA) is 119 Å². The second-order valence-corrected chi connectivity index (χ2v) is 10.6. The molecule has 2 amide bonds. The number of primary amides is 2. The van der Waals surface area contributed by atoms with E-state index in [1.165, 1.54) is 44.9 Å². The molecule has 4 saturated carbocycles. The van der Waals surface area contributed by atoms with Crippen LogP contribution in [0.15, 0.2) is 40.8 Å². The van der Waals surface area contributed by atoms with Gasteiger partial charge in [-0.05, 0) is 80.6 Å². The minimum absolute atomic E-state index is 0.0921. The summed E-state index contributed by atoms with van der Waals surface area (Å²) in [4.78, 5) is 28.2. The first-order chi connectivity index (χ1) is 14.8. The molecule has 6 aliphatic rings. The van der Waals surface area contributed by atoms with E-state index in [-0.39, 0.29) is 22.4 Å². The van der Waals surface area contributed by atoms with Crippen molar-refractivity contribution in [3.63, 3.8) is 0 Å². The number of fused-ring (bicyclic) bond motifs is 1. The Morgan fingerprint density at radius 3 is 2.35 bits per heavy atom. The fraction of sp³-hybridized carbons (Fsp3) is 0.625. The first-order valence-electron chi connectivity index (χ1n) is 11.7. The van der Waals surface area contributed by atoms with Gasteiger partial charge in [-0.1, -0.05) is 6.42 Å². The molecule has 0 saturated heterocycles. The molecule has 2 heterocycles. The van der Waals surface area contributed by atoms with E-state index in [0.29, 0.717) is 17.7 Å². The Kier molecular flexibility index (Phi) is 4.94. The van der Waals surface area contributed by atoms with Crippen molar-refractivity contribution in [3.05, 3.63) is 35.8 Å². The molecule has 5 N–H and O–H groups in total. The van der Waals surface area contributed by atoms with Gasteiger partial charge < -0.3 is 16.6 Å². The lowest BCUT2D eigenvalue weighted by Gasteiger charge is -2.57. The first kappa shape index (κ1) is 20.6. The lowest BCUT2D eigenvalue weighted by Crippen LogP contribution is -2.53. The minimum Gasteiger partial charge on any atom is -0.387 e. The number of nitrogens with zero attached hydrogens (tertiary/aromatic N) is 2. The second kappa shape index (κ2) is 7.41. The Balaban J connectivity index is 1.27. The highest BCUT2D eigenvalue weighted by atomic mass is 16.3. The summed E-state index contributed by atoms with van der Waals surface area (Å²) >= 11 is 0. The number of carbonyl (C=O) groups excluding carboxylic acids is 2. The molecule has 0 aromatic rings. The molecule has 0 radical (unpaired) electrons. The predicted molar refractivity (Wildman–Crippen MR) is 117 cm³/mol. The SMILES string of the molecule is NC(=O)C1=C[N+]2(CC(O)CCCC34CC5CC(CC(C5)C3)C4)C(C(N)=O)=CC=CC2=N1. The van der Waals surface area contributed by atoms with Crippen molar-refractivity contribution in [1.29, 1.82) is 0 Å². The zero-order valence-corrected chi connectivity index (χ0v) is 18.0. The number of amides is 2. The van der Waals surface area contributed by atoms with Gasteiger partial charge in [-0.2, -0.15) is 4.99 Å². The first-order valence-corrected chi connectivity index (χ1v) is 11.7. The molecule has 7 heteroatoms. The van der Waals surface area contributed by atoms with Crippen LogP contribution in [0.2, 0.25) is 0 Å². The molecular formula is C24H33N4O3+. The van der Waals surface area contributed by atoms with Gasteiger partial charge in [0.2, 0.25) is 11.5 Å². The Hall–Kier alpha value is -2.25. The van der Waals surface area contributed by atoms with E-state index in [0.717, 1.165) is 24.2 Å². The van der Waals surface area contributed by atoms with Gasteiger partial charge in [0, 0.05) is 12.2 Å². The van der Waals surface area contributed by atoms with Crippen molar-refractivity contribution in [1.82, 2.24) is 0 Å². The number of hydrogen-bond donors (Lipinski definition) is 3. The fourth-order valence-corrected chi connectivity index (χ4v) is 7.61. The van der Waals surface area contributed by atoms with Crippen molar-refractivity contribution < 1.29 is 19.2 Å². The maximum atomic E-state index is 12.2. The molecule has 2 atom stereocenters. The number of carbonyl (C=O) groups is 2. The Labute approximate surface area is 183 Å². The summed E-state index contributed by atoms with van der Waals surface area (Å²) in [5, 5.41) is 11.0. The van der Waals surface area contributed by atoms with Crippen LogP contribution in [-0.4, -0.2) is 39.9 Å². The van der Waals surface area contributed by atoms with Crippen LogP contribution >= 0.6 is 0 Å². The van der Waals surface area contributed by atoms with Crippen LogP contribution in [0.5, 0.6) is 0 Å². The van der Waals surface area contributed by atoms with Crippen LogP contribution in [0.1, 0.15) is 57.8 Å². The molecule has 0 spiro atoms. The van der Waals surface area contributed by atoms with Gasteiger partial charge in [0.25, 0.3) is 5.91 Å². The Morgan fingerprint density at radius 2 is 1.77 bits per heavy atom. The maximum absolute atomic E-state index is 12.2. The standard InChI is InChI=1S/C24H32N4O3/c25-22(30)19-14-28(20(23(26)31)4-1-5-21(28)27-19)13-18(29)3-2-6-24-10-15-7-16(11-24)9-17(8-15)12-24/h1,4-5,14-18,29H,2-3,6-13H2,(H3-,25,26,30,31)/p+1. The number of aliphatic hydroxyl groups is 1. The third-order valence-electron chi connectivity index (χ3n) is 8.33. The summed E-state index contributed by atoms with van der Waals surface area (Å²) in [6.45, 7) is 0.218. The van der Waals surface area contributed by atoms with Crippen molar-refractivity contribution in [2.24, 2.45) is 39.6 Å². The van der Waals surface area contributed by atoms with Crippen LogP contribution in [0.4, 0.5) is 0 Å². The average molecular weight is 426 g/mol. The molecule has 0 aromatic heterocycles. The van der Waals surface area contributed by atoms with Crippen LogP contribution in [0, 0.1) is 23.2 Å². The van der Waals surface area contributed by atoms with Crippen LogP contribution < -0.4 is 11.5 Å². The predicted octanol–water partition coefficient (Wildman–Crippen LogP) is 2.23. The Morgan fingerprint density at radius 1 is 1.13 bits per heavy atom. The number of hydrogen-bond acceptors (Lipinski definition) is 4. The molecule has 2 aliphatic heterocycles. The van der Waals surface area contributed by atoms with E-state index in [2.05, 4.69) is 4.99 Å². The van der Waals surface area contributed by atoms with E-state index in [4.69, 9.17) is 11.5 Å². The number of nitrogens with two attached hydrogens (primary N) is 2. The summed E-state index contributed by atoms with van der Waals surface area (Å²) < 4.78 is -0.136. The molecule has 0 aromatic carbocycles. The monoisotopic (exact) mass is 425 g/mol. The van der Waals surface area contributed by atoms with Crippen molar-refractivity contribution >= 4 is 17.6 Å². The summed E-state index contributed by atoms with van der Waals surface area (Å²) in [7, 11) is 0. The maximum Gasteiger partial charge on any atom is 0.303 e. The van der Waals surface area contributed by atoms with E-state index in [1.54, 1.807) is 24.4 Å². The van der Waals surface area contributed by atoms with E-state index in [9.17, 15) is 14.7 Å². The third-order valence-corrected chi connectivity index (χ3v) is 8.33. The highest BCUT2D eigenvalue weighted by Gasteiger charge is 2.51. The molecule has 166 valence electrons. The number of amidine groups is 1. The van der Waals surface area contributed by atoms with Gasteiger partial charge in [0.05, 0.1) is 0 Å². The second-order valence-electron chi connectivity index (χ2n) is 10.6. The van der Waals surface area contributed by atoms with Gasteiger partial charge in [0.15, 0.2) is 5.70 Å². The number of rotatable bonds is 8. The van der Waals surface area contributed by atoms with Crippen molar-refractivity contribution in [3.8, 4) is 0 Å². The zero-order chi connectivity index (χ0) is 21.8. The number of aliphatic imine (C=N–C) groups is 1. The summed E-state index contributed by atoms with van der Waals surface area (Å²) in [6.07, 6.45) is 17.2. The van der Waals surface area contributed by atoms with E-state index in [1.807, 2.05) is 0 Å². The number of allylic oxidation sites excluding steroid dienone is 2. The molecule has 6 rings (SSSR count). The molecular weight excluding hydrogens is 392 g/mol. The van der Waals surface area contributed by atoms with E-state index >= 15 is 0 Å². The minimum atomic E-state index is -0.659. The van der Waals surface area contributed by atoms with Gasteiger partial charge in [0.1, 0.15) is 18.8 Å². The average Bonchev–Trinajstić information content (AvgIpc) is 3.05. The normalized spacial score (nSPS) is 38.4. The summed E-state index contributed by atoms with van der Waals surface area (Å²) in [5.41, 5.74) is 12.0. The summed E-state index contributed by atoms with van der Waals surface area (Å²) in [6, 6.07) is 0. The molecule has 2 unspecified atom stereocenters. The molecule has 31 heavy (non-hydrogen) atoms. The quantitative estimate of drug-likeness (QED) is 0.517. The molecule has 4 fully saturated rings. The van der Waals surface area contributed by atoms with Gasteiger partial charge in [-0.25, -0.2) is 4.48 Å². The highest BCUT2D eigenvalue weighted by Crippen LogP contribution is 2.61. The van der Waals surface area contributed by atoms with Gasteiger partial charge in [-0.15, -0.1) is 0 Å². The van der Waals surface area contributed by atoms with Crippen LogP contribution in [0.25, 0.3) is 0 Å². The van der Waals surface area contributed by atoms with Crippen LogP contribution in [0.3, 0.4) is 0 Å². The fourth-order valence-electron chi connectivity index (χ4n) is 7.61. The van der Waals surface area contributed by atoms with Crippen molar-refractivity contribution in [2.45, 2.75) is 63.9 Å². The van der Waals surface area contributed by atoms with E-state index < -0.39 is 17.9 Å². The lowest BCUT2D eigenvalue weighted by atomic mass is 9.48. The van der Waals surface area contributed by atoms with Gasteiger partial charge >= 0.3 is 5.91 Å².